The Labute approximate surface area is 163 Å². The fraction of sp³-hybridized carbons (Fsp3) is 0.455. The van der Waals surface area contributed by atoms with Crippen LogP contribution >= 0.6 is 0 Å². The Bertz CT molecular complexity index is 483. The molecule has 0 fully saturated rings. The van der Waals surface area contributed by atoms with Crippen LogP contribution < -0.4 is 0 Å². The summed E-state index contributed by atoms with van der Waals surface area (Å²) in [7, 11) is 3.30. The Hall–Kier alpha value is -1.76. The molecular formula is C22H32O5. The van der Waals surface area contributed by atoms with Crippen molar-refractivity contribution in [1.82, 2.24) is 0 Å². The highest BCUT2D eigenvalue weighted by atomic mass is 16.6. The van der Waals surface area contributed by atoms with E-state index in [1.807, 2.05) is 12.1 Å². The van der Waals surface area contributed by atoms with Crippen LogP contribution in [0.25, 0.3) is 11.1 Å². The highest BCUT2D eigenvalue weighted by Crippen LogP contribution is 2.17. The molecule has 0 aliphatic heterocycles. The summed E-state index contributed by atoms with van der Waals surface area (Å²) in [6.45, 7) is 4.87. The van der Waals surface area contributed by atoms with E-state index in [2.05, 4.69) is 48.5 Å². The van der Waals surface area contributed by atoms with Crippen molar-refractivity contribution < 1.29 is 23.7 Å². The van der Waals surface area contributed by atoms with Crippen molar-refractivity contribution in [2.45, 2.75) is 0 Å². The van der Waals surface area contributed by atoms with Crippen molar-refractivity contribution in [3.63, 3.8) is 0 Å². The molecule has 0 aliphatic rings. The molecule has 2 aromatic rings. The predicted octanol–water partition coefficient (Wildman–Crippen LogP) is 3.68. The third-order valence-electron chi connectivity index (χ3n) is 3.49. The van der Waals surface area contributed by atoms with Crippen molar-refractivity contribution in [3.05, 3.63) is 60.7 Å². The molecule has 0 atom stereocenters. The summed E-state index contributed by atoms with van der Waals surface area (Å²) in [5, 5.41) is 0. The summed E-state index contributed by atoms with van der Waals surface area (Å²) in [6.07, 6.45) is 0. The second kappa shape index (κ2) is 17.6. The summed E-state index contributed by atoms with van der Waals surface area (Å²) in [5.74, 6) is 0. The average Bonchev–Trinajstić information content (AvgIpc) is 2.74. The van der Waals surface area contributed by atoms with E-state index in [1.54, 1.807) is 14.2 Å². The van der Waals surface area contributed by atoms with Gasteiger partial charge in [0.2, 0.25) is 0 Å². The highest BCUT2D eigenvalue weighted by molar-refractivity contribution is 5.62. The van der Waals surface area contributed by atoms with Crippen LogP contribution in [0.4, 0.5) is 0 Å². The van der Waals surface area contributed by atoms with E-state index in [-0.39, 0.29) is 0 Å². The van der Waals surface area contributed by atoms with Gasteiger partial charge >= 0.3 is 0 Å². The molecule has 0 N–H and O–H groups in total. The van der Waals surface area contributed by atoms with E-state index in [0.29, 0.717) is 52.9 Å². The number of ether oxygens (including phenoxy) is 5. The van der Waals surface area contributed by atoms with Gasteiger partial charge in [-0.15, -0.1) is 0 Å². The van der Waals surface area contributed by atoms with Gasteiger partial charge in [-0.3, -0.25) is 0 Å². The third-order valence-corrected chi connectivity index (χ3v) is 3.49. The summed E-state index contributed by atoms with van der Waals surface area (Å²) in [5.41, 5.74) is 2.55. The molecule has 5 heteroatoms. The minimum Gasteiger partial charge on any atom is -0.382 e. The van der Waals surface area contributed by atoms with E-state index in [0.717, 1.165) is 0 Å². The van der Waals surface area contributed by atoms with Gasteiger partial charge in [-0.25, -0.2) is 0 Å². The lowest BCUT2D eigenvalue weighted by atomic mass is 10.1. The molecular weight excluding hydrogens is 344 g/mol. The van der Waals surface area contributed by atoms with Crippen molar-refractivity contribution in [2.24, 2.45) is 0 Å². The highest BCUT2D eigenvalue weighted by Gasteiger charge is 1.92. The van der Waals surface area contributed by atoms with Crippen LogP contribution in [0.5, 0.6) is 0 Å². The first kappa shape index (κ1) is 23.3. The average molecular weight is 376 g/mol. The third kappa shape index (κ3) is 13.1. The van der Waals surface area contributed by atoms with E-state index in [4.69, 9.17) is 23.7 Å². The van der Waals surface area contributed by atoms with Crippen LogP contribution in [0.1, 0.15) is 0 Å². The number of rotatable bonds is 13. The monoisotopic (exact) mass is 376 g/mol. The Morgan fingerprint density at radius 1 is 0.444 bits per heavy atom. The lowest BCUT2D eigenvalue weighted by molar-refractivity contribution is -0.00380. The van der Waals surface area contributed by atoms with Crippen LogP contribution in [-0.2, 0) is 23.7 Å². The summed E-state index contributed by atoms with van der Waals surface area (Å²) >= 11 is 0. The molecule has 2 rings (SSSR count). The SMILES string of the molecule is COCCOCCOCCOCCOC.c1ccc(-c2ccccc2)cc1. The maximum absolute atomic E-state index is 5.26. The first-order valence-electron chi connectivity index (χ1n) is 9.20. The van der Waals surface area contributed by atoms with E-state index < -0.39 is 0 Å². The molecule has 2 aromatic carbocycles. The second-order valence-corrected chi connectivity index (χ2v) is 5.55. The molecule has 0 saturated heterocycles. The molecule has 0 radical (unpaired) electrons. The van der Waals surface area contributed by atoms with Gasteiger partial charge in [0.05, 0.1) is 52.9 Å². The molecule has 0 bridgehead atoms. The first-order valence-corrected chi connectivity index (χ1v) is 9.20. The van der Waals surface area contributed by atoms with Crippen LogP contribution in [0.2, 0.25) is 0 Å². The Morgan fingerprint density at radius 3 is 1.04 bits per heavy atom. The Morgan fingerprint density at radius 2 is 0.741 bits per heavy atom. The van der Waals surface area contributed by atoms with Crippen LogP contribution in [0, 0.1) is 0 Å². The summed E-state index contributed by atoms with van der Waals surface area (Å²) in [6, 6.07) is 20.8. The first-order chi connectivity index (χ1) is 13.4. The standard InChI is InChI=1S/C12H10.C10H22O5/c1-3-7-11(8-4-1)12-9-5-2-6-10-12;1-11-3-5-13-7-9-15-10-8-14-6-4-12-2/h1-10H;3-10H2,1-2H3. The maximum Gasteiger partial charge on any atom is 0.0701 e. The number of methoxy groups -OCH3 is 2. The summed E-state index contributed by atoms with van der Waals surface area (Å²) in [4.78, 5) is 0. The van der Waals surface area contributed by atoms with Crippen LogP contribution in [-0.4, -0.2) is 67.1 Å². The normalized spacial score (nSPS) is 10.3. The van der Waals surface area contributed by atoms with E-state index in [9.17, 15) is 0 Å². The van der Waals surface area contributed by atoms with Crippen molar-refractivity contribution in [3.8, 4) is 11.1 Å². The lowest BCUT2D eigenvalue weighted by Gasteiger charge is -2.06. The molecule has 0 amide bonds. The lowest BCUT2D eigenvalue weighted by Crippen LogP contribution is -2.12. The Balaban J connectivity index is 0.000000274. The summed E-state index contributed by atoms with van der Waals surface area (Å²) < 4.78 is 25.3. The molecule has 150 valence electrons. The maximum atomic E-state index is 5.26. The van der Waals surface area contributed by atoms with Gasteiger partial charge in [-0.2, -0.15) is 0 Å². The quantitative estimate of drug-likeness (QED) is 0.499. The molecule has 0 heterocycles. The number of hydrogen-bond donors (Lipinski definition) is 0. The zero-order chi connectivity index (χ0) is 19.4. The molecule has 0 saturated carbocycles. The molecule has 0 unspecified atom stereocenters. The van der Waals surface area contributed by atoms with Gasteiger partial charge in [0.25, 0.3) is 0 Å². The number of hydrogen-bond acceptors (Lipinski definition) is 5. The fourth-order valence-electron chi connectivity index (χ4n) is 2.09. The van der Waals surface area contributed by atoms with Gasteiger partial charge in [-0.05, 0) is 11.1 Å². The van der Waals surface area contributed by atoms with Gasteiger partial charge in [0.1, 0.15) is 0 Å². The molecule has 5 nitrogen and oxygen atoms in total. The molecule has 0 aliphatic carbocycles. The fourth-order valence-corrected chi connectivity index (χ4v) is 2.09. The second-order valence-electron chi connectivity index (χ2n) is 5.55. The topological polar surface area (TPSA) is 46.2 Å². The van der Waals surface area contributed by atoms with Crippen molar-refractivity contribution in [2.75, 3.05) is 67.1 Å². The smallest absolute Gasteiger partial charge is 0.0701 e. The minimum absolute atomic E-state index is 0.595. The van der Waals surface area contributed by atoms with Gasteiger partial charge in [0, 0.05) is 14.2 Å². The van der Waals surface area contributed by atoms with Crippen molar-refractivity contribution in [1.29, 1.82) is 0 Å². The minimum atomic E-state index is 0.595. The van der Waals surface area contributed by atoms with Gasteiger partial charge < -0.3 is 23.7 Å². The van der Waals surface area contributed by atoms with Gasteiger partial charge in [0.15, 0.2) is 0 Å². The van der Waals surface area contributed by atoms with Crippen molar-refractivity contribution >= 4 is 0 Å². The van der Waals surface area contributed by atoms with E-state index >= 15 is 0 Å². The zero-order valence-electron chi connectivity index (χ0n) is 16.5. The molecule has 27 heavy (non-hydrogen) atoms. The van der Waals surface area contributed by atoms with Crippen LogP contribution in [0.3, 0.4) is 0 Å². The van der Waals surface area contributed by atoms with E-state index in [1.165, 1.54) is 11.1 Å². The zero-order valence-corrected chi connectivity index (χ0v) is 16.5. The van der Waals surface area contributed by atoms with Crippen LogP contribution in [0.15, 0.2) is 60.7 Å². The molecule has 0 spiro atoms. The Kier molecular flexibility index (Phi) is 15.2. The van der Waals surface area contributed by atoms with Gasteiger partial charge in [-0.1, -0.05) is 60.7 Å². The largest absolute Gasteiger partial charge is 0.382 e. The predicted molar refractivity (Wildman–Crippen MR) is 108 cm³/mol. The number of benzene rings is 2. The molecule has 0 aromatic heterocycles.